The largest absolute Gasteiger partial charge is 0.342 e. The molecule has 98 valence electrons. The quantitative estimate of drug-likeness (QED) is 0.490. The predicted octanol–water partition coefficient (Wildman–Crippen LogP) is 1.33. The molecule has 0 amide bonds. The van der Waals surface area contributed by atoms with Crippen molar-refractivity contribution in [2.75, 3.05) is 0 Å². The number of hydrogen-bond acceptors (Lipinski definition) is 3. The summed E-state index contributed by atoms with van der Waals surface area (Å²) in [4.78, 5) is 18.3. The van der Waals surface area contributed by atoms with Crippen LogP contribution in [0, 0.1) is 0 Å². The van der Waals surface area contributed by atoms with Crippen molar-refractivity contribution in [3.8, 4) is 0 Å². The molecule has 2 rings (SSSR count). The smallest absolute Gasteiger partial charge is 0.323 e. The Bertz CT molecular complexity index is 526. The Hall–Kier alpha value is -0.970. The lowest BCUT2D eigenvalue weighted by atomic mass is 9.87. The summed E-state index contributed by atoms with van der Waals surface area (Å²) in [7, 11) is -4.19. The number of fused-ring (bicyclic) bond motifs is 1. The Balaban J connectivity index is 2.33. The molecule has 5 N–H and O–H groups in total. The van der Waals surface area contributed by atoms with Crippen LogP contribution in [-0.4, -0.2) is 15.6 Å². The first-order valence-corrected chi connectivity index (χ1v) is 7.39. The second-order valence-electron chi connectivity index (χ2n) is 4.57. The summed E-state index contributed by atoms with van der Waals surface area (Å²) in [6.07, 6.45) is 4.36. The van der Waals surface area contributed by atoms with Crippen LogP contribution in [0.5, 0.6) is 0 Å². The average Bonchev–Trinajstić information content (AvgIpc) is 2.28. The summed E-state index contributed by atoms with van der Waals surface area (Å²) in [6.45, 7) is 1.44. The van der Waals surface area contributed by atoms with Crippen molar-refractivity contribution in [2.45, 2.75) is 24.8 Å². The van der Waals surface area contributed by atoms with Crippen molar-refractivity contribution in [1.29, 1.82) is 0 Å². The van der Waals surface area contributed by atoms with Gasteiger partial charge in [-0.05, 0) is 18.1 Å². The molecule has 0 saturated heterocycles. The summed E-state index contributed by atoms with van der Waals surface area (Å²) in [5.41, 5.74) is 7.15. The standard InChI is InChI=1S/C12H17N2O3P/c1-9(18(15,16)17)14-12(13)8-4-6-10-5-2-3-7-11(10)12/h2-7,9,14H,8,13H2,1H3,(H2,15,16,17). The molecule has 0 radical (unpaired) electrons. The van der Waals surface area contributed by atoms with Gasteiger partial charge in [0.05, 0.1) is 5.66 Å². The van der Waals surface area contributed by atoms with Crippen LogP contribution in [0.1, 0.15) is 24.5 Å². The van der Waals surface area contributed by atoms with E-state index in [0.29, 0.717) is 6.42 Å². The van der Waals surface area contributed by atoms with Gasteiger partial charge in [-0.1, -0.05) is 36.4 Å². The van der Waals surface area contributed by atoms with Crippen LogP contribution >= 0.6 is 7.60 Å². The number of benzene rings is 1. The van der Waals surface area contributed by atoms with E-state index in [1.807, 2.05) is 36.4 Å². The maximum absolute atomic E-state index is 11.2. The maximum Gasteiger partial charge on any atom is 0.342 e. The fourth-order valence-electron chi connectivity index (χ4n) is 2.12. The highest BCUT2D eigenvalue weighted by Gasteiger charge is 2.36. The predicted molar refractivity (Wildman–Crippen MR) is 70.6 cm³/mol. The zero-order valence-corrected chi connectivity index (χ0v) is 11.0. The van der Waals surface area contributed by atoms with Crippen LogP contribution in [0.25, 0.3) is 6.08 Å². The van der Waals surface area contributed by atoms with Crippen LogP contribution < -0.4 is 11.1 Å². The zero-order valence-electron chi connectivity index (χ0n) is 10.1. The molecule has 2 atom stereocenters. The van der Waals surface area contributed by atoms with E-state index >= 15 is 0 Å². The van der Waals surface area contributed by atoms with Gasteiger partial charge in [-0.25, -0.2) is 0 Å². The summed E-state index contributed by atoms with van der Waals surface area (Å²) in [5, 5.41) is 2.85. The third kappa shape index (κ3) is 2.55. The monoisotopic (exact) mass is 268 g/mol. The van der Waals surface area contributed by atoms with E-state index in [9.17, 15) is 4.57 Å². The van der Waals surface area contributed by atoms with E-state index in [0.717, 1.165) is 11.1 Å². The SMILES string of the molecule is CC(NC1(N)CC=Cc2ccccc21)P(=O)(O)O. The van der Waals surface area contributed by atoms with Crippen molar-refractivity contribution in [3.63, 3.8) is 0 Å². The minimum atomic E-state index is -4.19. The van der Waals surface area contributed by atoms with E-state index in [4.69, 9.17) is 15.5 Å². The second-order valence-corrected chi connectivity index (χ2v) is 6.53. The molecule has 0 aliphatic heterocycles. The summed E-state index contributed by atoms with van der Waals surface area (Å²) in [6, 6.07) is 7.57. The maximum atomic E-state index is 11.2. The van der Waals surface area contributed by atoms with Crippen molar-refractivity contribution in [3.05, 3.63) is 41.5 Å². The van der Waals surface area contributed by atoms with Gasteiger partial charge in [0.1, 0.15) is 5.78 Å². The summed E-state index contributed by atoms with van der Waals surface area (Å²) < 4.78 is 11.2. The van der Waals surface area contributed by atoms with Gasteiger partial charge >= 0.3 is 7.60 Å². The van der Waals surface area contributed by atoms with Crippen LogP contribution in [0.3, 0.4) is 0 Å². The molecular weight excluding hydrogens is 251 g/mol. The molecule has 0 bridgehead atoms. The lowest BCUT2D eigenvalue weighted by Crippen LogP contribution is -2.54. The Morgan fingerprint density at radius 1 is 1.44 bits per heavy atom. The molecule has 1 aromatic carbocycles. The van der Waals surface area contributed by atoms with E-state index < -0.39 is 19.0 Å². The van der Waals surface area contributed by atoms with Gasteiger partial charge in [0.15, 0.2) is 0 Å². The molecular formula is C12H17N2O3P. The van der Waals surface area contributed by atoms with Gasteiger partial charge in [0.2, 0.25) is 0 Å². The molecule has 1 aromatic rings. The zero-order chi connectivity index (χ0) is 13.4. The normalized spacial score (nSPS) is 24.7. The second kappa shape index (κ2) is 4.61. The van der Waals surface area contributed by atoms with Gasteiger partial charge in [-0.15, -0.1) is 0 Å². The van der Waals surface area contributed by atoms with Gasteiger partial charge in [0, 0.05) is 6.42 Å². The van der Waals surface area contributed by atoms with Crippen LogP contribution in [0.2, 0.25) is 0 Å². The Labute approximate surface area is 106 Å². The van der Waals surface area contributed by atoms with E-state index in [1.165, 1.54) is 6.92 Å². The molecule has 6 heteroatoms. The highest BCUT2D eigenvalue weighted by atomic mass is 31.2. The number of nitrogens with one attached hydrogen (secondary N) is 1. The van der Waals surface area contributed by atoms with Crippen LogP contribution in [-0.2, 0) is 10.2 Å². The first kappa shape index (κ1) is 13.5. The molecule has 2 unspecified atom stereocenters. The number of nitrogens with two attached hydrogens (primary N) is 1. The molecule has 0 saturated carbocycles. The fraction of sp³-hybridized carbons (Fsp3) is 0.333. The van der Waals surface area contributed by atoms with Crippen molar-refractivity contribution in [2.24, 2.45) is 5.73 Å². The summed E-state index contributed by atoms with van der Waals surface area (Å²) >= 11 is 0. The minimum absolute atomic E-state index is 0.494. The first-order valence-electron chi connectivity index (χ1n) is 5.71. The first-order chi connectivity index (χ1) is 8.33. The van der Waals surface area contributed by atoms with Gasteiger partial charge in [0.25, 0.3) is 0 Å². The Kier molecular flexibility index (Phi) is 3.45. The molecule has 0 fully saturated rings. The molecule has 0 spiro atoms. The van der Waals surface area contributed by atoms with Crippen LogP contribution in [0.15, 0.2) is 30.3 Å². The number of rotatable bonds is 3. The van der Waals surface area contributed by atoms with Crippen molar-refractivity contribution < 1.29 is 14.4 Å². The third-order valence-corrected chi connectivity index (χ3v) is 4.29. The third-order valence-electron chi connectivity index (χ3n) is 3.15. The van der Waals surface area contributed by atoms with E-state index in [1.54, 1.807) is 0 Å². The molecule has 1 aliphatic carbocycles. The highest BCUT2D eigenvalue weighted by molar-refractivity contribution is 7.52. The van der Waals surface area contributed by atoms with Crippen molar-refractivity contribution in [1.82, 2.24) is 5.32 Å². The Morgan fingerprint density at radius 2 is 2.11 bits per heavy atom. The lowest BCUT2D eigenvalue weighted by Gasteiger charge is -2.36. The molecule has 5 nitrogen and oxygen atoms in total. The van der Waals surface area contributed by atoms with Crippen molar-refractivity contribution >= 4 is 13.7 Å². The Morgan fingerprint density at radius 3 is 2.78 bits per heavy atom. The van der Waals surface area contributed by atoms with Gasteiger partial charge < -0.3 is 15.5 Å². The molecule has 0 heterocycles. The van der Waals surface area contributed by atoms with E-state index in [-0.39, 0.29) is 0 Å². The fourth-order valence-corrected chi connectivity index (χ4v) is 2.52. The number of hydrogen-bond donors (Lipinski definition) is 4. The molecule has 0 aromatic heterocycles. The highest BCUT2D eigenvalue weighted by Crippen LogP contribution is 2.41. The van der Waals surface area contributed by atoms with E-state index in [2.05, 4.69) is 5.32 Å². The van der Waals surface area contributed by atoms with Gasteiger partial charge in [-0.3, -0.25) is 9.88 Å². The van der Waals surface area contributed by atoms with Crippen LogP contribution in [0.4, 0.5) is 0 Å². The molecule has 18 heavy (non-hydrogen) atoms. The lowest BCUT2D eigenvalue weighted by molar-refractivity contribution is 0.293. The topological polar surface area (TPSA) is 95.6 Å². The minimum Gasteiger partial charge on any atom is -0.323 e. The van der Waals surface area contributed by atoms with Gasteiger partial charge in [-0.2, -0.15) is 0 Å². The molecule has 1 aliphatic rings. The average molecular weight is 268 g/mol. The summed E-state index contributed by atoms with van der Waals surface area (Å²) in [5.74, 6) is -0.984.